The molecule has 1 atom stereocenters. The van der Waals surface area contributed by atoms with Crippen molar-refractivity contribution >= 4 is 11.6 Å². The lowest BCUT2D eigenvalue weighted by Crippen LogP contribution is -2.48. The number of hydrogen-bond donors (Lipinski definition) is 2. The maximum atomic E-state index is 12.3. The number of anilines is 1. The molecule has 1 aromatic rings. The van der Waals surface area contributed by atoms with Gasteiger partial charge in [0.25, 0.3) is 0 Å². The highest BCUT2D eigenvalue weighted by Crippen LogP contribution is 2.15. The third kappa shape index (κ3) is 6.23. The van der Waals surface area contributed by atoms with Gasteiger partial charge in [-0.05, 0) is 44.4 Å². The molecule has 0 bridgehead atoms. The molecular weight excluding hydrogens is 302 g/mol. The molecule has 0 saturated carbocycles. The van der Waals surface area contributed by atoms with E-state index >= 15 is 0 Å². The Bertz CT molecular complexity index is 511. The molecular formula is C19H31N3O2. The van der Waals surface area contributed by atoms with Crippen LogP contribution in [-0.4, -0.2) is 66.2 Å². The average molecular weight is 333 g/mol. The molecule has 1 saturated heterocycles. The van der Waals surface area contributed by atoms with Crippen LogP contribution >= 0.6 is 0 Å². The zero-order chi connectivity index (χ0) is 17.4. The van der Waals surface area contributed by atoms with Gasteiger partial charge in [-0.1, -0.05) is 25.1 Å². The van der Waals surface area contributed by atoms with E-state index in [0.29, 0.717) is 6.54 Å². The highest BCUT2D eigenvalue weighted by Gasteiger charge is 2.19. The molecule has 0 aromatic heterocycles. The summed E-state index contributed by atoms with van der Waals surface area (Å²) >= 11 is 0. The van der Waals surface area contributed by atoms with Gasteiger partial charge >= 0.3 is 0 Å². The van der Waals surface area contributed by atoms with Crippen molar-refractivity contribution in [3.05, 3.63) is 29.8 Å². The van der Waals surface area contributed by atoms with E-state index in [1.54, 1.807) is 0 Å². The maximum absolute atomic E-state index is 12.3. The van der Waals surface area contributed by atoms with Gasteiger partial charge in [0.2, 0.25) is 5.91 Å². The Hall–Kier alpha value is -1.43. The van der Waals surface area contributed by atoms with Crippen LogP contribution in [0, 0.1) is 0 Å². The standard InChI is InChI=1S/C19H31N3O2/c1-3-17-8-4-5-9-18(17)20-19(24)15-22-13-11-21(12-14-22)10-6-7-16(2)23/h4-5,8-9,16,23H,3,6-7,10-15H2,1-2H3,(H,20,24)/t16-/m1/s1. The van der Waals surface area contributed by atoms with Gasteiger partial charge in [-0.15, -0.1) is 0 Å². The van der Waals surface area contributed by atoms with Crippen LogP contribution in [0.15, 0.2) is 24.3 Å². The zero-order valence-electron chi connectivity index (χ0n) is 15.0. The molecule has 24 heavy (non-hydrogen) atoms. The van der Waals surface area contributed by atoms with E-state index in [4.69, 9.17) is 0 Å². The molecule has 1 aliphatic heterocycles. The Morgan fingerprint density at radius 1 is 1.21 bits per heavy atom. The van der Waals surface area contributed by atoms with E-state index in [2.05, 4.69) is 28.1 Å². The maximum Gasteiger partial charge on any atom is 0.238 e. The van der Waals surface area contributed by atoms with Crippen LogP contribution in [0.4, 0.5) is 5.69 Å². The lowest BCUT2D eigenvalue weighted by atomic mass is 10.1. The number of nitrogens with zero attached hydrogens (tertiary/aromatic N) is 2. The number of aliphatic hydroxyl groups is 1. The Morgan fingerprint density at radius 2 is 1.88 bits per heavy atom. The van der Waals surface area contributed by atoms with E-state index in [-0.39, 0.29) is 12.0 Å². The average Bonchev–Trinajstić information content (AvgIpc) is 2.56. The minimum absolute atomic E-state index is 0.0680. The van der Waals surface area contributed by atoms with Crippen molar-refractivity contribution in [2.45, 2.75) is 39.2 Å². The second-order valence-corrected chi connectivity index (χ2v) is 6.67. The molecule has 1 aliphatic rings. The summed E-state index contributed by atoms with van der Waals surface area (Å²) in [6.07, 6.45) is 2.61. The molecule has 1 fully saturated rings. The smallest absolute Gasteiger partial charge is 0.238 e. The third-order valence-electron chi connectivity index (χ3n) is 4.60. The molecule has 1 aromatic carbocycles. The highest BCUT2D eigenvalue weighted by molar-refractivity contribution is 5.93. The summed E-state index contributed by atoms with van der Waals surface area (Å²) in [5.74, 6) is 0.0680. The Morgan fingerprint density at radius 3 is 2.54 bits per heavy atom. The van der Waals surface area contributed by atoms with Crippen LogP contribution in [0.2, 0.25) is 0 Å². The van der Waals surface area contributed by atoms with Gasteiger partial charge in [0.1, 0.15) is 0 Å². The van der Waals surface area contributed by atoms with Gasteiger partial charge in [-0.2, -0.15) is 0 Å². The lowest BCUT2D eigenvalue weighted by molar-refractivity contribution is -0.117. The van der Waals surface area contributed by atoms with Crippen LogP contribution in [0.1, 0.15) is 32.3 Å². The second kappa shape index (κ2) is 9.77. The fourth-order valence-electron chi connectivity index (χ4n) is 3.12. The fraction of sp³-hybridized carbons (Fsp3) is 0.632. The summed E-state index contributed by atoms with van der Waals surface area (Å²) in [6.45, 7) is 9.29. The molecule has 0 unspecified atom stereocenters. The van der Waals surface area contributed by atoms with Crippen molar-refractivity contribution in [1.82, 2.24) is 9.80 Å². The largest absolute Gasteiger partial charge is 0.393 e. The number of aryl methyl sites for hydroxylation is 1. The SMILES string of the molecule is CCc1ccccc1NC(=O)CN1CCN(CCC[C@@H](C)O)CC1. The number of hydrogen-bond acceptors (Lipinski definition) is 4. The van der Waals surface area contributed by atoms with E-state index in [1.165, 1.54) is 5.56 Å². The topological polar surface area (TPSA) is 55.8 Å². The first kappa shape index (κ1) is 18.9. The van der Waals surface area contributed by atoms with Crippen molar-refractivity contribution < 1.29 is 9.90 Å². The minimum atomic E-state index is -0.207. The van der Waals surface area contributed by atoms with Gasteiger partial charge in [0.05, 0.1) is 12.6 Å². The second-order valence-electron chi connectivity index (χ2n) is 6.67. The van der Waals surface area contributed by atoms with Crippen molar-refractivity contribution in [2.24, 2.45) is 0 Å². The first-order valence-electron chi connectivity index (χ1n) is 9.09. The van der Waals surface area contributed by atoms with E-state index in [0.717, 1.165) is 57.7 Å². The van der Waals surface area contributed by atoms with Crippen LogP contribution in [-0.2, 0) is 11.2 Å². The lowest BCUT2D eigenvalue weighted by Gasteiger charge is -2.34. The normalized spacial score (nSPS) is 17.6. The molecule has 5 heteroatoms. The monoisotopic (exact) mass is 333 g/mol. The van der Waals surface area contributed by atoms with Gasteiger partial charge < -0.3 is 15.3 Å². The Kier molecular flexibility index (Phi) is 7.69. The molecule has 0 aliphatic carbocycles. The minimum Gasteiger partial charge on any atom is -0.393 e. The third-order valence-corrected chi connectivity index (χ3v) is 4.60. The van der Waals surface area contributed by atoms with Gasteiger partial charge in [0.15, 0.2) is 0 Å². The summed E-state index contributed by atoms with van der Waals surface area (Å²) < 4.78 is 0. The van der Waals surface area contributed by atoms with Crippen molar-refractivity contribution in [3.8, 4) is 0 Å². The predicted octanol–water partition coefficient (Wildman–Crippen LogP) is 1.97. The number of para-hydroxylation sites is 1. The van der Waals surface area contributed by atoms with Gasteiger partial charge in [0, 0.05) is 31.9 Å². The summed E-state index contributed by atoms with van der Waals surface area (Å²) in [6, 6.07) is 7.99. The number of carbonyl (C=O) groups excluding carboxylic acids is 1. The number of piperazine rings is 1. The first-order valence-corrected chi connectivity index (χ1v) is 9.09. The van der Waals surface area contributed by atoms with Crippen molar-refractivity contribution in [2.75, 3.05) is 44.6 Å². The summed E-state index contributed by atoms with van der Waals surface area (Å²) in [7, 11) is 0. The summed E-state index contributed by atoms with van der Waals surface area (Å²) in [4.78, 5) is 16.9. The summed E-state index contributed by atoms with van der Waals surface area (Å²) in [5.41, 5.74) is 2.11. The number of rotatable bonds is 8. The van der Waals surface area contributed by atoms with Gasteiger partial charge in [-0.3, -0.25) is 9.69 Å². The highest BCUT2D eigenvalue weighted by atomic mass is 16.3. The Labute approximate surface area is 145 Å². The predicted molar refractivity (Wildman–Crippen MR) is 98.2 cm³/mol. The molecule has 1 amide bonds. The number of nitrogens with one attached hydrogen (secondary N) is 1. The van der Waals surface area contributed by atoms with E-state index in [1.807, 2.05) is 25.1 Å². The van der Waals surface area contributed by atoms with E-state index < -0.39 is 0 Å². The van der Waals surface area contributed by atoms with Crippen LogP contribution < -0.4 is 5.32 Å². The molecule has 0 radical (unpaired) electrons. The molecule has 1 heterocycles. The number of aliphatic hydroxyl groups excluding tert-OH is 1. The van der Waals surface area contributed by atoms with Crippen molar-refractivity contribution in [1.29, 1.82) is 0 Å². The number of benzene rings is 1. The van der Waals surface area contributed by atoms with Crippen molar-refractivity contribution in [3.63, 3.8) is 0 Å². The van der Waals surface area contributed by atoms with E-state index in [9.17, 15) is 9.90 Å². The molecule has 2 rings (SSSR count). The molecule has 2 N–H and O–H groups in total. The molecule has 0 spiro atoms. The van der Waals surface area contributed by atoms with Gasteiger partial charge in [-0.25, -0.2) is 0 Å². The fourth-order valence-corrected chi connectivity index (χ4v) is 3.12. The van der Waals surface area contributed by atoms with Crippen LogP contribution in [0.25, 0.3) is 0 Å². The number of amides is 1. The zero-order valence-corrected chi connectivity index (χ0v) is 15.0. The Balaban J connectivity index is 1.70. The van der Waals surface area contributed by atoms with Crippen LogP contribution in [0.3, 0.4) is 0 Å². The van der Waals surface area contributed by atoms with Crippen LogP contribution in [0.5, 0.6) is 0 Å². The molecule has 134 valence electrons. The number of carbonyl (C=O) groups is 1. The first-order chi connectivity index (χ1) is 11.6. The molecule has 5 nitrogen and oxygen atoms in total. The quantitative estimate of drug-likeness (QED) is 0.764. The summed E-state index contributed by atoms with van der Waals surface area (Å²) in [5, 5.41) is 12.4.